The lowest BCUT2D eigenvalue weighted by molar-refractivity contribution is 0.252. The van der Waals surface area contributed by atoms with Crippen LogP contribution >= 0.6 is 11.6 Å². The fourth-order valence-corrected chi connectivity index (χ4v) is 4.93. The Hall–Kier alpha value is -2.32. The van der Waals surface area contributed by atoms with Gasteiger partial charge in [0.05, 0.1) is 12.1 Å². The Balaban J connectivity index is 0.00000324. The maximum Gasteiger partial charge on any atom is 0.233 e. The van der Waals surface area contributed by atoms with Crippen LogP contribution in [0.25, 0.3) is 0 Å². The molecule has 1 aromatic carbocycles. The van der Waals surface area contributed by atoms with Gasteiger partial charge in [-0.25, -0.2) is 0 Å². The van der Waals surface area contributed by atoms with E-state index in [0.717, 1.165) is 44.5 Å². The average molecular weight is 490 g/mol. The maximum atomic E-state index is 6.32. The van der Waals surface area contributed by atoms with Crippen molar-refractivity contribution < 1.29 is 4.74 Å². The third-order valence-electron chi connectivity index (χ3n) is 6.77. The summed E-state index contributed by atoms with van der Waals surface area (Å²) < 4.78 is 5.27. The molecule has 0 amide bonds. The Morgan fingerprint density at radius 3 is 2.32 bits per heavy atom. The largest absolute Gasteiger partial charge is 0.495 e. The lowest BCUT2D eigenvalue weighted by atomic mass is 10.0. The lowest BCUT2D eigenvalue weighted by Crippen LogP contribution is -2.42. The summed E-state index contributed by atoms with van der Waals surface area (Å²) in [5, 5.41) is 7.45. The van der Waals surface area contributed by atoms with Crippen LogP contribution in [0.15, 0.2) is 18.2 Å². The van der Waals surface area contributed by atoms with E-state index in [1.165, 1.54) is 25.7 Å². The summed E-state index contributed by atoms with van der Waals surface area (Å²) >= 11 is 6.32. The summed E-state index contributed by atoms with van der Waals surface area (Å²) in [5.74, 6) is 2.47. The van der Waals surface area contributed by atoms with E-state index in [0.29, 0.717) is 40.7 Å². The first kappa shape index (κ1) is 26.3. The van der Waals surface area contributed by atoms with E-state index in [2.05, 4.69) is 34.5 Å². The number of benzene rings is 1. The van der Waals surface area contributed by atoms with E-state index in [4.69, 9.17) is 31.3 Å². The number of rotatable bonds is 7. The van der Waals surface area contributed by atoms with Gasteiger partial charge < -0.3 is 25.2 Å². The van der Waals surface area contributed by atoms with Crippen LogP contribution in [0.4, 0.5) is 23.5 Å². The number of ether oxygens (including phenoxy) is 1. The number of aromatic nitrogens is 3. The molecule has 0 bridgehead atoms. The SMILES string of the molecule is C.COc1ccc(Nc2nc(NC3CCCCCC3)nc(N(C)C3CCN(C)CC3)n2)cc1Cl. The Bertz CT molecular complexity index is 912. The molecule has 2 aliphatic rings. The van der Waals surface area contributed by atoms with Gasteiger partial charge in [-0.1, -0.05) is 44.7 Å². The number of hydrogen-bond donors (Lipinski definition) is 2. The van der Waals surface area contributed by atoms with Crippen LogP contribution < -0.4 is 20.3 Å². The number of halogens is 1. The van der Waals surface area contributed by atoms with Gasteiger partial charge in [0.15, 0.2) is 0 Å². The zero-order valence-corrected chi connectivity index (χ0v) is 20.7. The summed E-state index contributed by atoms with van der Waals surface area (Å²) in [5.41, 5.74) is 0.806. The third-order valence-corrected chi connectivity index (χ3v) is 7.07. The van der Waals surface area contributed by atoms with Gasteiger partial charge in [-0.2, -0.15) is 15.0 Å². The standard InChI is InChI=1S/C24H36ClN7O.CH4/c1-31-14-12-19(13-15-31)32(2)24-29-22(26-17-8-6-4-5-7-9-17)28-23(30-24)27-18-10-11-21(33-3)20(25)16-18;/h10-11,16-17,19H,4-9,12-15H2,1-3H3,(H2,26,27,28,29,30);1H4. The highest BCUT2D eigenvalue weighted by atomic mass is 35.5. The highest BCUT2D eigenvalue weighted by molar-refractivity contribution is 6.32. The predicted molar refractivity (Wildman–Crippen MR) is 142 cm³/mol. The molecule has 0 unspecified atom stereocenters. The maximum absolute atomic E-state index is 6.32. The number of anilines is 4. The molecule has 2 N–H and O–H groups in total. The number of methoxy groups -OCH3 is 1. The normalized spacial score (nSPS) is 18.0. The summed E-state index contributed by atoms with van der Waals surface area (Å²) in [6.07, 6.45) is 9.63. The molecule has 9 heteroatoms. The van der Waals surface area contributed by atoms with Crippen molar-refractivity contribution in [3.63, 3.8) is 0 Å². The minimum atomic E-state index is 0. The van der Waals surface area contributed by atoms with Gasteiger partial charge >= 0.3 is 0 Å². The van der Waals surface area contributed by atoms with E-state index >= 15 is 0 Å². The molecule has 2 fully saturated rings. The van der Waals surface area contributed by atoms with Crippen molar-refractivity contribution in [1.82, 2.24) is 19.9 Å². The van der Waals surface area contributed by atoms with Crippen molar-refractivity contribution in [2.45, 2.75) is 70.9 Å². The fourth-order valence-electron chi connectivity index (χ4n) is 4.67. The van der Waals surface area contributed by atoms with E-state index < -0.39 is 0 Å². The van der Waals surface area contributed by atoms with Crippen LogP contribution in [-0.4, -0.2) is 66.2 Å². The molecule has 34 heavy (non-hydrogen) atoms. The summed E-state index contributed by atoms with van der Waals surface area (Å²) in [7, 11) is 5.88. The Morgan fingerprint density at radius 2 is 1.68 bits per heavy atom. The summed E-state index contributed by atoms with van der Waals surface area (Å²) in [6, 6.07) is 6.38. The molecule has 8 nitrogen and oxygen atoms in total. The quantitative estimate of drug-likeness (QED) is 0.488. The zero-order valence-electron chi connectivity index (χ0n) is 20.0. The Labute approximate surface area is 209 Å². The molecule has 0 spiro atoms. The molecule has 1 aromatic heterocycles. The lowest BCUT2D eigenvalue weighted by Gasteiger charge is -2.35. The second-order valence-corrected chi connectivity index (χ2v) is 9.64. The van der Waals surface area contributed by atoms with Crippen molar-refractivity contribution in [3.8, 4) is 5.75 Å². The number of hydrogen-bond acceptors (Lipinski definition) is 8. The van der Waals surface area contributed by atoms with Crippen molar-refractivity contribution in [2.75, 3.05) is 49.8 Å². The molecular formula is C25H40ClN7O. The topological polar surface area (TPSA) is 78.4 Å². The van der Waals surface area contributed by atoms with E-state index in [9.17, 15) is 0 Å². The van der Waals surface area contributed by atoms with Gasteiger partial charge in [0, 0.05) is 24.8 Å². The first-order valence-electron chi connectivity index (χ1n) is 12.1. The van der Waals surface area contributed by atoms with Crippen LogP contribution in [-0.2, 0) is 0 Å². The highest BCUT2D eigenvalue weighted by Crippen LogP contribution is 2.29. The van der Waals surface area contributed by atoms with Gasteiger partial charge in [-0.15, -0.1) is 0 Å². The molecule has 4 rings (SSSR count). The van der Waals surface area contributed by atoms with Gasteiger partial charge in [-0.05, 0) is 64.0 Å². The number of nitrogens with one attached hydrogen (secondary N) is 2. The Kier molecular flexibility index (Phi) is 9.59. The fraction of sp³-hybridized carbons (Fsp3) is 0.640. The average Bonchev–Trinajstić information content (AvgIpc) is 3.08. The van der Waals surface area contributed by atoms with Gasteiger partial charge in [0.2, 0.25) is 17.8 Å². The monoisotopic (exact) mass is 489 g/mol. The minimum absolute atomic E-state index is 0. The number of likely N-dealkylation sites (tertiary alicyclic amines) is 1. The number of piperidine rings is 1. The van der Waals surface area contributed by atoms with Crippen LogP contribution in [0.5, 0.6) is 5.75 Å². The molecule has 188 valence electrons. The van der Waals surface area contributed by atoms with Crippen molar-refractivity contribution in [1.29, 1.82) is 0 Å². The zero-order chi connectivity index (χ0) is 23.2. The minimum Gasteiger partial charge on any atom is -0.495 e. The first-order valence-corrected chi connectivity index (χ1v) is 12.4. The molecular weight excluding hydrogens is 450 g/mol. The van der Waals surface area contributed by atoms with E-state index in [1.807, 2.05) is 18.2 Å². The first-order chi connectivity index (χ1) is 16.0. The number of nitrogens with zero attached hydrogens (tertiary/aromatic N) is 5. The second kappa shape index (κ2) is 12.4. The van der Waals surface area contributed by atoms with Gasteiger partial charge in [0.1, 0.15) is 5.75 Å². The summed E-state index contributed by atoms with van der Waals surface area (Å²) in [4.78, 5) is 18.9. The van der Waals surface area contributed by atoms with Crippen LogP contribution in [0.2, 0.25) is 5.02 Å². The smallest absolute Gasteiger partial charge is 0.233 e. The van der Waals surface area contributed by atoms with Gasteiger partial charge in [-0.3, -0.25) is 0 Å². The van der Waals surface area contributed by atoms with Crippen molar-refractivity contribution in [3.05, 3.63) is 23.2 Å². The molecule has 1 saturated carbocycles. The molecule has 1 aliphatic carbocycles. The van der Waals surface area contributed by atoms with Gasteiger partial charge in [0.25, 0.3) is 0 Å². The summed E-state index contributed by atoms with van der Waals surface area (Å²) in [6.45, 7) is 2.17. The van der Waals surface area contributed by atoms with Crippen LogP contribution in [0.3, 0.4) is 0 Å². The second-order valence-electron chi connectivity index (χ2n) is 9.24. The molecule has 2 aromatic rings. The van der Waals surface area contributed by atoms with E-state index in [1.54, 1.807) is 7.11 Å². The highest BCUT2D eigenvalue weighted by Gasteiger charge is 2.24. The molecule has 0 radical (unpaired) electrons. The van der Waals surface area contributed by atoms with E-state index in [-0.39, 0.29) is 7.43 Å². The predicted octanol–water partition coefficient (Wildman–Crippen LogP) is 5.58. The molecule has 1 aliphatic heterocycles. The third kappa shape index (κ3) is 6.85. The molecule has 2 heterocycles. The van der Waals surface area contributed by atoms with Crippen LogP contribution in [0.1, 0.15) is 58.8 Å². The van der Waals surface area contributed by atoms with Crippen molar-refractivity contribution >= 4 is 35.1 Å². The Morgan fingerprint density at radius 1 is 1.00 bits per heavy atom. The molecule has 1 saturated heterocycles. The molecule has 0 atom stereocenters. The van der Waals surface area contributed by atoms with Crippen LogP contribution in [0, 0.1) is 0 Å². The van der Waals surface area contributed by atoms with Crippen molar-refractivity contribution in [2.24, 2.45) is 0 Å².